The van der Waals surface area contributed by atoms with E-state index in [4.69, 9.17) is 4.74 Å². The first-order valence-corrected chi connectivity index (χ1v) is 8.62. The third kappa shape index (κ3) is 3.73. The zero-order chi connectivity index (χ0) is 17.7. The number of aromatic nitrogens is 2. The summed E-state index contributed by atoms with van der Waals surface area (Å²) in [4.78, 5) is 28.3. The molecule has 2 heterocycles. The molecule has 2 rings (SSSR count). The molecule has 1 N–H and O–H groups in total. The van der Waals surface area contributed by atoms with Crippen molar-refractivity contribution in [1.29, 1.82) is 0 Å². The molecule has 7 heteroatoms. The van der Waals surface area contributed by atoms with Gasteiger partial charge in [0.15, 0.2) is 5.13 Å². The maximum atomic E-state index is 12.3. The van der Waals surface area contributed by atoms with E-state index < -0.39 is 0 Å². The van der Waals surface area contributed by atoms with E-state index in [0.29, 0.717) is 22.9 Å². The zero-order valence-corrected chi connectivity index (χ0v) is 15.1. The minimum absolute atomic E-state index is 0.291. The van der Waals surface area contributed by atoms with E-state index in [2.05, 4.69) is 10.3 Å². The van der Waals surface area contributed by atoms with Crippen molar-refractivity contribution in [2.45, 2.75) is 34.2 Å². The number of nitrogens with zero attached hydrogens (tertiary/aromatic N) is 2. The normalized spacial score (nSPS) is 11.0. The van der Waals surface area contributed by atoms with E-state index in [-0.39, 0.29) is 11.9 Å². The van der Waals surface area contributed by atoms with Crippen molar-refractivity contribution in [3.05, 3.63) is 40.2 Å². The number of rotatable bonds is 6. The summed E-state index contributed by atoms with van der Waals surface area (Å²) in [6.07, 6.45) is 4.69. The van der Waals surface area contributed by atoms with Gasteiger partial charge >= 0.3 is 5.97 Å². The van der Waals surface area contributed by atoms with E-state index in [1.807, 2.05) is 25.3 Å². The number of carbonyl (C=O) groups excluding carboxylic acids is 2. The first-order chi connectivity index (χ1) is 11.5. The lowest BCUT2D eigenvalue weighted by atomic mass is 10.1. The number of hydrogen-bond donors (Lipinski definition) is 1. The maximum Gasteiger partial charge on any atom is 0.340 e. The second-order valence-corrected chi connectivity index (χ2v) is 5.98. The molecule has 0 atom stereocenters. The number of esters is 1. The average molecular weight is 347 g/mol. The van der Waals surface area contributed by atoms with Crippen molar-refractivity contribution in [3.63, 3.8) is 0 Å². The van der Waals surface area contributed by atoms with E-state index in [1.165, 1.54) is 17.4 Å². The lowest BCUT2D eigenvalue weighted by molar-refractivity contribution is -0.111. The molecule has 6 nitrogen and oxygen atoms in total. The Morgan fingerprint density at radius 2 is 2.08 bits per heavy atom. The number of amides is 1. The molecule has 0 aliphatic rings. The highest BCUT2D eigenvalue weighted by molar-refractivity contribution is 7.13. The Labute approximate surface area is 145 Å². The van der Waals surface area contributed by atoms with Crippen LogP contribution in [0.3, 0.4) is 0 Å². The Kier molecular flexibility index (Phi) is 5.92. The summed E-state index contributed by atoms with van der Waals surface area (Å²) in [7, 11) is 0. The summed E-state index contributed by atoms with van der Waals surface area (Å²) in [5.41, 5.74) is 2.99. The third-order valence-electron chi connectivity index (χ3n) is 3.69. The fourth-order valence-electron chi connectivity index (χ4n) is 2.64. The number of ether oxygens (including phenoxy) is 1. The fraction of sp³-hybridized carbons (Fsp3) is 0.353. The van der Waals surface area contributed by atoms with Crippen LogP contribution in [0.1, 0.15) is 41.2 Å². The quantitative estimate of drug-likeness (QED) is 0.642. The monoisotopic (exact) mass is 347 g/mol. The van der Waals surface area contributed by atoms with Gasteiger partial charge in [-0.1, -0.05) is 0 Å². The summed E-state index contributed by atoms with van der Waals surface area (Å²) < 4.78 is 7.19. The lowest BCUT2D eigenvalue weighted by Crippen LogP contribution is -2.09. The topological polar surface area (TPSA) is 73.2 Å². The predicted octanol–water partition coefficient (Wildman–Crippen LogP) is 3.41. The Balaban J connectivity index is 2.32. The zero-order valence-electron chi connectivity index (χ0n) is 14.3. The molecule has 0 aliphatic heterocycles. The molecule has 24 heavy (non-hydrogen) atoms. The lowest BCUT2D eigenvalue weighted by Gasteiger charge is -2.05. The molecule has 0 fully saturated rings. The van der Waals surface area contributed by atoms with E-state index in [9.17, 15) is 9.59 Å². The van der Waals surface area contributed by atoms with Gasteiger partial charge in [0.1, 0.15) is 0 Å². The highest BCUT2D eigenvalue weighted by Gasteiger charge is 2.22. The van der Waals surface area contributed by atoms with Crippen LogP contribution >= 0.6 is 11.3 Å². The van der Waals surface area contributed by atoms with Crippen LogP contribution in [-0.4, -0.2) is 28.0 Å². The number of anilines is 1. The Bertz CT molecular complexity index is 761. The molecule has 1 amide bonds. The first-order valence-electron chi connectivity index (χ1n) is 7.74. The minimum Gasteiger partial charge on any atom is -0.462 e. The van der Waals surface area contributed by atoms with Gasteiger partial charge in [0.2, 0.25) is 5.91 Å². The first kappa shape index (κ1) is 17.9. The van der Waals surface area contributed by atoms with Gasteiger partial charge in [-0.05, 0) is 33.8 Å². The summed E-state index contributed by atoms with van der Waals surface area (Å²) >= 11 is 1.35. The Morgan fingerprint density at radius 3 is 2.67 bits per heavy atom. The van der Waals surface area contributed by atoms with Gasteiger partial charge in [-0.2, -0.15) is 0 Å². The van der Waals surface area contributed by atoms with Gasteiger partial charge in [-0.15, -0.1) is 11.3 Å². The summed E-state index contributed by atoms with van der Waals surface area (Å²) in [6, 6.07) is 0. The van der Waals surface area contributed by atoms with Crippen molar-refractivity contribution in [1.82, 2.24) is 9.55 Å². The van der Waals surface area contributed by atoms with Crippen LogP contribution in [-0.2, 0) is 16.1 Å². The minimum atomic E-state index is -0.370. The fourth-order valence-corrected chi connectivity index (χ4v) is 3.17. The van der Waals surface area contributed by atoms with E-state index in [1.54, 1.807) is 24.6 Å². The van der Waals surface area contributed by atoms with Crippen LogP contribution < -0.4 is 5.32 Å². The highest BCUT2D eigenvalue weighted by atomic mass is 32.1. The smallest absolute Gasteiger partial charge is 0.340 e. The number of hydrogen-bond acceptors (Lipinski definition) is 5. The largest absolute Gasteiger partial charge is 0.462 e. The van der Waals surface area contributed by atoms with E-state index >= 15 is 0 Å². The molecule has 2 aromatic rings. The number of thiazole rings is 1. The Morgan fingerprint density at radius 1 is 1.33 bits per heavy atom. The van der Waals surface area contributed by atoms with Crippen LogP contribution in [0.15, 0.2) is 17.7 Å². The van der Waals surface area contributed by atoms with Crippen molar-refractivity contribution in [2.24, 2.45) is 0 Å². The van der Waals surface area contributed by atoms with Gasteiger partial charge in [0.25, 0.3) is 0 Å². The van der Waals surface area contributed by atoms with E-state index in [0.717, 1.165) is 17.9 Å². The van der Waals surface area contributed by atoms with Crippen molar-refractivity contribution < 1.29 is 14.3 Å². The summed E-state index contributed by atoms with van der Waals surface area (Å²) in [6.45, 7) is 8.64. The summed E-state index contributed by atoms with van der Waals surface area (Å²) in [5.74, 6) is -0.661. The molecule has 0 saturated heterocycles. The van der Waals surface area contributed by atoms with Gasteiger partial charge in [0.05, 0.1) is 12.2 Å². The SMILES string of the molecule is CCOC(=O)c1c(/C=C/C(=O)Nc2nccs2)c(C)n(CC)c1C. The van der Waals surface area contributed by atoms with Gasteiger partial charge < -0.3 is 9.30 Å². The van der Waals surface area contributed by atoms with Crippen molar-refractivity contribution in [3.8, 4) is 0 Å². The maximum absolute atomic E-state index is 12.3. The molecular weight excluding hydrogens is 326 g/mol. The van der Waals surface area contributed by atoms with Crippen LogP contribution in [0.5, 0.6) is 0 Å². The average Bonchev–Trinajstić information content (AvgIpc) is 3.12. The van der Waals surface area contributed by atoms with Crippen LogP contribution in [0.25, 0.3) is 6.08 Å². The van der Waals surface area contributed by atoms with Crippen molar-refractivity contribution >= 4 is 34.4 Å². The molecule has 0 aliphatic carbocycles. The standard InChI is InChI=1S/C17H21N3O3S/c1-5-20-11(3)13(15(12(20)4)16(22)23-6-2)7-8-14(21)19-17-18-9-10-24-17/h7-10H,5-6H2,1-4H3,(H,18,19,21)/b8-7+. The molecule has 0 bridgehead atoms. The second-order valence-electron chi connectivity index (χ2n) is 5.08. The molecule has 0 spiro atoms. The van der Waals surface area contributed by atoms with Gasteiger partial charge in [-0.25, -0.2) is 9.78 Å². The van der Waals surface area contributed by atoms with Crippen LogP contribution in [0.4, 0.5) is 5.13 Å². The molecule has 2 aromatic heterocycles. The Hall–Kier alpha value is -2.41. The molecule has 0 aromatic carbocycles. The molecule has 0 saturated carbocycles. The van der Waals surface area contributed by atoms with Crippen LogP contribution in [0, 0.1) is 13.8 Å². The molecular formula is C17H21N3O3S. The summed E-state index contributed by atoms with van der Waals surface area (Å²) in [5, 5.41) is 5.00. The number of nitrogens with one attached hydrogen (secondary N) is 1. The predicted molar refractivity (Wildman–Crippen MR) is 95.3 cm³/mol. The van der Waals surface area contributed by atoms with Gasteiger partial charge in [0, 0.05) is 41.1 Å². The van der Waals surface area contributed by atoms with Crippen LogP contribution in [0.2, 0.25) is 0 Å². The highest BCUT2D eigenvalue weighted by Crippen LogP contribution is 2.25. The number of carbonyl (C=O) groups is 2. The molecule has 0 unspecified atom stereocenters. The molecule has 0 radical (unpaired) electrons. The third-order valence-corrected chi connectivity index (χ3v) is 4.38. The second kappa shape index (κ2) is 7.92. The van der Waals surface area contributed by atoms with Gasteiger partial charge in [-0.3, -0.25) is 10.1 Å². The molecule has 128 valence electrons. The van der Waals surface area contributed by atoms with Crippen molar-refractivity contribution in [2.75, 3.05) is 11.9 Å².